The second-order valence-electron chi connectivity index (χ2n) is 6.60. The number of hydrogen-bond donors (Lipinski definition) is 1. The summed E-state index contributed by atoms with van der Waals surface area (Å²) in [6.07, 6.45) is 2.97. The summed E-state index contributed by atoms with van der Waals surface area (Å²) in [7, 11) is -3.45. The zero-order chi connectivity index (χ0) is 18.6. The fourth-order valence-electron chi connectivity index (χ4n) is 3.12. The topological polar surface area (TPSA) is 79.4 Å². The largest absolute Gasteiger partial charge is 0.310 e. The summed E-state index contributed by atoms with van der Waals surface area (Å²) in [5.41, 5.74) is 1.63. The molecule has 1 unspecified atom stereocenters. The number of sulfonamides is 1. The van der Waals surface area contributed by atoms with E-state index in [0.717, 1.165) is 11.1 Å². The molecule has 1 saturated heterocycles. The molecular formula is C19H23N3O3S. The minimum atomic E-state index is -3.45. The Morgan fingerprint density at radius 3 is 2.73 bits per heavy atom. The van der Waals surface area contributed by atoms with Gasteiger partial charge in [0.25, 0.3) is 0 Å². The number of piperidine rings is 1. The van der Waals surface area contributed by atoms with Crippen molar-refractivity contribution in [3.8, 4) is 0 Å². The van der Waals surface area contributed by atoms with Crippen LogP contribution in [0, 0.1) is 12.8 Å². The lowest BCUT2D eigenvalue weighted by Crippen LogP contribution is -2.44. The molecule has 1 aromatic heterocycles. The predicted octanol–water partition coefficient (Wildman–Crippen LogP) is 2.57. The average molecular weight is 373 g/mol. The maximum atomic E-state index is 12.7. The number of aromatic nitrogens is 1. The van der Waals surface area contributed by atoms with Crippen LogP contribution < -0.4 is 5.32 Å². The van der Waals surface area contributed by atoms with E-state index in [4.69, 9.17) is 0 Å². The standard InChI is InChI=1S/C19H23N3O3S/c1-15-7-5-11-20-18(15)21-19(23)17-10-6-12-22(13-17)26(24,25)14-16-8-3-2-4-9-16/h2-5,7-9,11,17H,6,10,12-14H2,1H3,(H,20,21,23). The van der Waals surface area contributed by atoms with E-state index in [9.17, 15) is 13.2 Å². The lowest BCUT2D eigenvalue weighted by Gasteiger charge is -2.31. The van der Waals surface area contributed by atoms with Crippen molar-refractivity contribution in [2.75, 3.05) is 18.4 Å². The van der Waals surface area contributed by atoms with Gasteiger partial charge in [-0.25, -0.2) is 17.7 Å². The van der Waals surface area contributed by atoms with Gasteiger partial charge in [0.05, 0.1) is 11.7 Å². The van der Waals surface area contributed by atoms with Crippen LogP contribution in [0.4, 0.5) is 5.82 Å². The van der Waals surface area contributed by atoms with E-state index in [2.05, 4.69) is 10.3 Å². The smallest absolute Gasteiger partial charge is 0.229 e. The van der Waals surface area contributed by atoms with Crippen molar-refractivity contribution >= 4 is 21.7 Å². The monoisotopic (exact) mass is 373 g/mol. The minimum absolute atomic E-state index is 0.0402. The maximum Gasteiger partial charge on any atom is 0.229 e. The molecular weight excluding hydrogens is 350 g/mol. The SMILES string of the molecule is Cc1cccnc1NC(=O)C1CCCN(S(=O)(=O)Cc2ccccc2)C1. The molecule has 1 aliphatic heterocycles. The molecule has 2 aromatic rings. The number of aryl methyl sites for hydroxylation is 1. The first-order valence-electron chi connectivity index (χ1n) is 8.70. The van der Waals surface area contributed by atoms with Gasteiger partial charge in [-0.1, -0.05) is 36.4 Å². The lowest BCUT2D eigenvalue weighted by molar-refractivity contribution is -0.120. The predicted molar refractivity (Wildman–Crippen MR) is 101 cm³/mol. The van der Waals surface area contributed by atoms with Crippen molar-refractivity contribution in [1.29, 1.82) is 0 Å². The zero-order valence-corrected chi connectivity index (χ0v) is 15.6. The van der Waals surface area contributed by atoms with E-state index in [1.54, 1.807) is 18.3 Å². The quantitative estimate of drug-likeness (QED) is 0.874. The number of pyridine rings is 1. The molecule has 0 spiro atoms. The number of nitrogens with zero attached hydrogens (tertiary/aromatic N) is 2. The van der Waals surface area contributed by atoms with Gasteiger partial charge in [0.1, 0.15) is 5.82 Å². The number of carbonyl (C=O) groups is 1. The highest BCUT2D eigenvalue weighted by molar-refractivity contribution is 7.88. The molecule has 2 heterocycles. The van der Waals surface area contributed by atoms with Crippen molar-refractivity contribution in [1.82, 2.24) is 9.29 Å². The van der Waals surface area contributed by atoms with Gasteiger partial charge in [-0.2, -0.15) is 0 Å². The van der Waals surface area contributed by atoms with Gasteiger partial charge in [0.2, 0.25) is 15.9 Å². The summed E-state index contributed by atoms with van der Waals surface area (Å²) in [6, 6.07) is 12.8. The van der Waals surface area contributed by atoms with Crippen LogP contribution in [-0.4, -0.2) is 36.7 Å². The van der Waals surface area contributed by atoms with Gasteiger partial charge in [0, 0.05) is 19.3 Å². The first kappa shape index (κ1) is 18.5. The summed E-state index contributed by atoms with van der Waals surface area (Å²) < 4.78 is 26.9. The van der Waals surface area contributed by atoms with Crippen molar-refractivity contribution < 1.29 is 13.2 Å². The Morgan fingerprint density at radius 2 is 2.00 bits per heavy atom. The zero-order valence-electron chi connectivity index (χ0n) is 14.8. The third kappa shape index (κ3) is 4.47. The lowest BCUT2D eigenvalue weighted by atomic mass is 9.99. The van der Waals surface area contributed by atoms with Gasteiger partial charge >= 0.3 is 0 Å². The van der Waals surface area contributed by atoms with Gasteiger partial charge < -0.3 is 5.32 Å². The Kier molecular flexibility index (Phi) is 5.68. The second-order valence-corrected chi connectivity index (χ2v) is 8.57. The Bertz CT molecular complexity index is 869. The van der Waals surface area contributed by atoms with Crippen LogP contribution in [0.3, 0.4) is 0 Å². The minimum Gasteiger partial charge on any atom is -0.310 e. The van der Waals surface area contributed by atoms with E-state index in [1.807, 2.05) is 37.3 Å². The molecule has 138 valence electrons. The van der Waals surface area contributed by atoms with E-state index in [1.165, 1.54) is 4.31 Å². The van der Waals surface area contributed by atoms with E-state index in [-0.39, 0.29) is 24.1 Å². The summed E-state index contributed by atoms with van der Waals surface area (Å²) in [5, 5.41) is 2.83. The van der Waals surface area contributed by atoms with Crippen LogP contribution in [0.5, 0.6) is 0 Å². The molecule has 1 atom stereocenters. The summed E-state index contributed by atoms with van der Waals surface area (Å²) in [6.45, 7) is 2.55. The van der Waals surface area contributed by atoms with Gasteiger partial charge in [-0.15, -0.1) is 0 Å². The number of rotatable bonds is 5. The van der Waals surface area contributed by atoms with Crippen molar-refractivity contribution in [2.24, 2.45) is 5.92 Å². The molecule has 26 heavy (non-hydrogen) atoms. The van der Waals surface area contributed by atoms with Gasteiger partial charge in [-0.3, -0.25) is 4.79 Å². The number of carbonyl (C=O) groups excluding carboxylic acids is 1. The molecule has 7 heteroatoms. The number of hydrogen-bond acceptors (Lipinski definition) is 4. The fourth-order valence-corrected chi connectivity index (χ4v) is 4.73. The molecule has 1 N–H and O–H groups in total. The summed E-state index contributed by atoms with van der Waals surface area (Å²) >= 11 is 0. The number of amides is 1. The Hall–Kier alpha value is -2.25. The number of anilines is 1. The van der Waals surface area contributed by atoms with Crippen molar-refractivity contribution in [3.63, 3.8) is 0 Å². The van der Waals surface area contributed by atoms with Crippen LogP contribution in [0.2, 0.25) is 0 Å². The molecule has 0 radical (unpaired) electrons. The van der Waals surface area contributed by atoms with Crippen LogP contribution in [0.25, 0.3) is 0 Å². The van der Waals surface area contributed by atoms with Gasteiger partial charge in [0.15, 0.2) is 0 Å². The highest BCUT2D eigenvalue weighted by atomic mass is 32.2. The summed E-state index contributed by atoms with van der Waals surface area (Å²) in [4.78, 5) is 16.8. The van der Waals surface area contributed by atoms with Crippen LogP contribution in [-0.2, 0) is 20.6 Å². The maximum absolute atomic E-state index is 12.7. The third-order valence-corrected chi connectivity index (χ3v) is 6.41. The number of nitrogens with one attached hydrogen (secondary N) is 1. The summed E-state index contributed by atoms with van der Waals surface area (Å²) in [5.74, 6) is -0.0504. The molecule has 6 nitrogen and oxygen atoms in total. The Morgan fingerprint density at radius 1 is 1.23 bits per heavy atom. The van der Waals surface area contributed by atoms with Gasteiger partial charge in [-0.05, 0) is 37.0 Å². The van der Waals surface area contributed by atoms with Crippen molar-refractivity contribution in [3.05, 3.63) is 59.8 Å². The highest BCUT2D eigenvalue weighted by Crippen LogP contribution is 2.23. The average Bonchev–Trinajstić information content (AvgIpc) is 2.64. The van der Waals surface area contributed by atoms with E-state index < -0.39 is 10.0 Å². The second kappa shape index (κ2) is 7.97. The molecule has 1 aromatic carbocycles. The molecule has 0 aliphatic carbocycles. The highest BCUT2D eigenvalue weighted by Gasteiger charge is 2.32. The molecule has 1 amide bonds. The number of benzene rings is 1. The van der Waals surface area contributed by atoms with E-state index in [0.29, 0.717) is 25.2 Å². The Labute approximate surface area is 154 Å². The van der Waals surface area contributed by atoms with Crippen LogP contribution in [0.15, 0.2) is 48.7 Å². The molecule has 1 fully saturated rings. The van der Waals surface area contributed by atoms with E-state index >= 15 is 0 Å². The molecule has 0 saturated carbocycles. The first-order valence-corrected chi connectivity index (χ1v) is 10.3. The molecule has 1 aliphatic rings. The Balaban J connectivity index is 1.67. The normalized spacial score (nSPS) is 18.4. The van der Waals surface area contributed by atoms with Crippen molar-refractivity contribution in [2.45, 2.75) is 25.5 Å². The van der Waals surface area contributed by atoms with Crippen LogP contribution in [0.1, 0.15) is 24.0 Å². The third-order valence-electron chi connectivity index (χ3n) is 4.59. The molecule has 0 bridgehead atoms. The van der Waals surface area contributed by atoms with Crippen LogP contribution >= 0.6 is 0 Å². The first-order chi connectivity index (χ1) is 12.5. The molecule has 3 rings (SSSR count). The fraction of sp³-hybridized carbons (Fsp3) is 0.368.